The number of rotatable bonds is 9. The van der Waals surface area contributed by atoms with Crippen LogP contribution in [-0.2, 0) is 19.6 Å². The van der Waals surface area contributed by atoms with E-state index in [0.717, 1.165) is 5.56 Å². The lowest BCUT2D eigenvalue weighted by Crippen LogP contribution is -2.31. The van der Waals surface area contributed by atoms with Crippen molar-refractivity contribution in [2.75, 3.05) is 16.2 Å². The number of nitrogens with one attached hydrogen (secondary N) is 1. The highest BCUT2D eigenvalue weighted by molar-refractivity contribution is 7.92. The molecule has 1 unspecified atom stereocenters. The van der Waals surface area contributed by atoms with Gasteiger partial charge in [0, 0.05) is 5.69 Å². The maximum Gasteiger partial charge on any atom is 0.338 e. The molecular formula is C26H26N2O5S. The zero-order chi connectivity index (χ0) is 24.7. The number of hydrogen-bond donors (Lipinski definition) is 1. The summed E-state index contributed by atoms with van der Waals surface area (Å²) in [5.41, 5.74) is 2.05. The van der Waals surface area contributed by atoms with E-state index < -0.39 is 28.0 Å². The summed E-state index contributed by atoms with van der Waals surface area (Å²) in [4.78, 5) is 25.0. The van der Waals surface area contributed by atoms with Crippen LogP contribution in [0.5, 0.6) is 0 Å². The number of carbonyl (C=O) groups excluding carboxylic acids is 2. The van der Waals surface area contributed by atoms with E-state index in [9.17, 15) is 18.0 Å². The van der Waals surface area contributed by atoms with Gasteiger partial charge in [-0.3, -0.25) is 9.10 Å². The van der Waals surface area contributed by atoms with Gasteiger partial charge in [-0.05, 0) is 61.9 Å². The number of ether oxygens (including phenoxy) is 1. The van der Waals surface area contributed by atoms with Gasteiger partial charge in [0.15, 0.2) is 6.10 Å². The smallest absolute Gasteiger partial charge is 0.338 e. The molecule has 0 aromatic heterocycles. The molecule has 0 heterocycles. The van der Waals surface area contributed by atoms with E-state index in [4.69, 9.17) is 4.74 Å². The van der Waals surface area contributed by atoms with Gasteiger partial charge in [0.05, 0.1) is 22.7 Å². The van der Waals surface area contributed by atoms with Crippen LogP contribution in [0.25, 0.3) is 0 Å². The first-order valence-corrected chi connectivity index (χ1v) is 12.0. The largest absolute Gasteiger partial charge is 0.449 e. The minimum absolute atomic E-state index is 0.0166. The van der Waals surface area contributed by atoms with Crippen molar-refractivity contribution in [1.82, 2.24) is 0 Å². The number of aryl methyl sites for hydroxylation is 1. The van der Waals surface area contributed by atoms with Gasteiger partial charge in [-0.1, -0.05) is 42.5 Å². The third-order valence-corrected chi connectivity index (χ3v) is 6.73. The first kappa shape index (κ1) is 24.7. The zero-order valence-electron chi connectivity index (χ0n) is 19.0. The second-order valence-electron chi connectivity index (χ2n) is 7.59. The third kappa shape index (κ3) is 5.90. The molecule has 0 radical (unpaired) electrons. The van der Waals surface area contributed by atoms with Crippen molar-refractivity contribution in [3.05, 3.63) is 103 Å². The number of nitrogens with zero attached hydrogens (tertiary/aromatic N) is 1. The number of esters is 1. The van der Waals surface area contributed by atoms with Gasteiger partial charge in [-0.25, -0.2) is 13.2 Å². The van der Waals surface area contributed by atoms with Crippen LogP contribution in [-0.4, -0.2) is 32.9 Å². The molecule has 1 amide bonds. The molecule has 0 aliphatic rings. The molecule has 3 aromatic carbocycles. The lowest BCUT2D eigenvalue weighted by molar-refractivity contribution is -0.123. The van der Waals surface area contributed by atoms with E-state index in [0.29, 0.717) is 11.4 Å². The van der Waals surface area contributed by atoms with Crippen LogP contribution < -0.4 is 9.62 Å². The van der Waals surface area contributed by atoms with Crippen molar-refractivity contribution in [1.29, 1.82) is 0 Å². The molecular weight excluding hydrogens is 452 g/mol. The topological polar surface area (TPSA) is 92.8 Å². The molecule has 1 atom stereocenters. The lowest BCUT2D eigenvalue weighted by atomic mass is 10.2. The number of anilines is 2. The summed E-state index contributed by atoms with van der Waals surface area (Å²) >= 11 is 0. The number of sulfonamides is 1. The normalized spacial score (nSPS) is 11.8. The summed E-state index contributed by atoms with van der Waals surface area (Å²) in [6.07, 6.45) is 0.395. The predicted octanol–water partition coefficient (Wildman–Crippen LogP) is 4.56. The lowest BCUT2D eigenvalue weighted by Gasteiger charge is -2.23. The van der Waals surface area contributed by atoms with Crippen LogP contribution in [0.15, 0.2) is 96.4 Å². The predicted molar refractivity (Wildman–Crippen MR) is 132 cm³/mol. The first-order chi connectivity index (χ1) is 16.2. The quantitative estimate of drug-likeness (QED) is 0.360. The van der Waals surface area contributed by atoms with Gasteiger partial charge in [0.25, 0.3) is 15.9 Å². The average Bonchev–Trinajstić information content (AvgIpc) is 2.83. The molecule has 0 fully saturated rings. The van der Waals surface area contributed by atoms with Crippen LogP contribution in [0.3, 0.4) is 0 Å². The molecule has 1 N–H and O–H groups in total. The Hall–Kier alpha value is -3.91. The summed E-state index contributed by atoms with van der Waals surface area (Å²) in [5, 5.41) is 2.69. The molecule has 34 heavy (non-hydrogen) atoms. The second kappa shape index (κ2) is 10.8. The van der Waals surface area contributed by atoms with Crippen LogP contribution >= 0.6 is 0 Å². The highest BCUT2D eigenvalue weighted by Crippen LogP contribution is 2.24. The number of para-hydroxylation sites is 1. The molecule has 3 rings (SSSR count). The van der Waals surface area contributed by atoms with Crippen molar-refractivity contribution in [2.45, 2.75) is 24.8 Å². The SMILES string of the molecule is C=CCN(c1ccccc1)S(=O)(=O)c1cccc(C(=O)OC(C)C(=O)Nc2cccc(C)c2)c1. The monoisotopic (exact) mass is 478 g/mol. The zero-order valence-corrected chi connectivity index (χ0v) is 19.8. The molecule has 0 aliphatic heterocycles. The number of amides is 1. The van der Waals surface area contributed by atoms with Crippen molar-refractivity contribution in [3.63, 3.8) is 0 Å². The number of benzene rings is 3. The summed E-state index contributed by atoms with van der Waals surface area (Å²) in [6.45, 7) is 7.04. The number of carbonyl (C=O) groups is 2. The maximum atomic E-state index is 13.3. The maximum absolute atomic E-state index is 13.3. The van der Waals surface area contributed by atoms with E-state index in [1.165, 1.54) is 41.6 Å². The van der Waals surface area contributed by atoms with Crippen LogP contribution in [0.4, 0.5) is 11.4 Å². The molecule has 3 aromatic rings. The summed E-state index contributed by atoms with van der Waals surface area (Å²) < 4.78 is 33.1. The van der Waals surface area contributed by atoms with Gasteiger partial charge < -0.3 is 10.1 Å². The van der Waals surface area contributed by atoms with E-state index in [-0.39, 0.29) is 17.0 Å². The Kier molecular flexibility index (Phi) is 7.86. The average molecular weight is 479 g/mol. The molecule has 7 nitrogen and oxygen atoms in total. The van der Waals surface area contributed by atoms with Crippen LogP contribution in [0, 0.1) is 6.92 Å². The summed E-state index contributed by atoms with van der Waals surface area (Å²) in [7, 11) is -3.99. The van der Waals surface area contributed by atoms with Gasteiger partial charge in [0.2, 0.25) is 0 Å². The van der Waals surface area contributed by atoms with Crippen LogP contribution in [0.2, 0.25) is 0 Å². The fourth-order valence-corrected chi connectivity index (χ4v) is 4.70. The Balaban J connectivity index is 1.77. The molecule has 0 aliphatic carbocycles. The fraction of sp³-hybridized carbons (Fsp3) is 0.154. The van der Waals surface area contributed by atoms with Crippen molar-refractivity contribution in [3.8, 4) is 0 Å². The highest BCUT2D eigenvalue weighted by atomic mass is 32.2. The summed E-state index contributed by atoms with van der Waals surface area (Å²) in [5.74, 6) is -1.30. The molecule has 0 saturated carbocycles. The molecule has 0 bridgehead atoms. The Morgan fingerprint density at radius 2 is 1.74 bits per heavy atom. The summed E-state index contributed by atoms with van der Waals surface area (Å²) in [6, 6.07) is 21.4. The molecule has 8 heteroatoms. The van der Waals surface area contributed by atoms with Crippen LogP contribution in [0.1, 0.15) is 22.8 Å². The highest BCUT2D eigenvalue weighted by Gasteiger charge is 2.26. The van der Waals surface area contributed by atoms with E-state index in [1.54, 1.807) is 48.5 Å². The Morgan fingerprint density at radius 3 is 2.41 bits per heavy atom. The van der Waals surface area contributed by atoms with Gasteiger partial charge in [-0.15, -0.1) is 6.58 Å². The Morgan fingerprint density at radius 1 is 1.03 bits per heavy atom. The van der Waals surface area contributed by atoms with Gasteiger partial charge in [0.1, 0.15) is 0 Å². The molecule has 0 spiro atoms. The van der Waals surface area contributed by atoms with E-state index >= 15 is 0 Å². The first-order valence-electron chi connectivity index (χ1n) is 10.6. The standard InChI is InChI=1S/C26H26N2O5S/c1-4-16-28(23-13-6-5-7-14-23)34(31,32)24-15-9-11-21(18-24)26(30)33-20(3)25(29)27-22-12-8-10-19(2)17-22/h4-15,17-18,20H,1,16H2,2-3H3,(H,27,29). The second-order valence-corrected chi connectivity index (χ2v) is 9.46. The Labute approximate surface area is 199 Å². The number of hydrogen-bond acceptors (Lipinski definition) is 5. The van der Waals surface area contributed by atoms with Crippen molar-refractivity contribution in [2.24, 2.45) is 0 Å². The van der Waals surface area contributed by atoms with Gasteiger partial charge in [-0.2, -0.15) is 0 Å². The minimum atomic E-state index is -3.99. The van der Waals surface area contributed by atoms with Gasteiger partial charge >= 0.3 is 5.97 Å². The van der Waals surface area contributed by atoms with Crippen molar-refractivity contribution < 1.29 is 22.7 Å². The third-order valence-electron chi connectivity index (χ3n) is 4.94. The van der Waals surface area contributed by atoms with E-state index in [1.807, 2.05) is 13.0 Å². The van der Waals surface area contributed by atoms with E-state index in [2.05, 4.69) is 11.9 Å². The van der Waals surface area contributed by atoms with Crippen molar-refractivity contribution >= 4 is 33.3 Å². The Bertz CT molecular complexity index is 1290. The fourth-order valence-electron chi connectivity index (χ4n) is 3.21. The molecule has 176 valence electrons. The minimum Gasteiger partial charge on any atom is -0.449 e. The molecule has 0 saturated heterocycles.